The molecule has 160 valence electrons. The van der Waals surface area contributed by atoms with Gasteiger partial charge in [0.1, 0.15) is 29.8 Å². The van der Waals surface area contributed by atoms with Gasteiger partial charge in [0.15, 0.2) is 0 Å². The zero-order valence-corrected chi connectivity index (χ0v) is 17.2. The highest BCUT2D eigenvalue weighted by Crippen LogP contribution is 2.28. The fourth-order valence-corrected chi connectivity index (χ4v) is 2.95. The number of hydrogen-bond donors (Lipinski definition) is 1. The summed E-state index contributed by atoms with van der Waals surface area (Å²) in [4.78, 5) is 22.7. The molecular weight excluding hydrogens is 437 g/mol. The monoisotopic (exact) mass is 451 g/mol. The minimum atomic E-state index is -0.732. The Labute approximate surface area is 187 Å². The molecule has 0 saturated carbocycles. The lowest BCUT2D eigenvalue weighted by molar-refractivity contribution is -0.384. The standard InChI is InChI=1S/C23H15ClFN3O4/c24-20-11-15(8-9-22(20)32-14-16-4-1-2-7-21(16)25)10-17(13-26)23(29)27-18-5-3-6-19(12-18)28(30)31/h1-12H,14H2,(H,27,29)/b17-10+. The van der Waals surface area contributed by atoms with Gasteiger partial charge in [-0.2, -0.15) is 5.26 Å². The quantitative estimate of drug-likeness (QED) is 0.220. The molecule has 0 aromatic heterocycles. The van der Waals surface area contributed by atoms with Gasteiger partial charge in [-0.25, -0.2) is 4.39 Å². The maximum Gasteiger partial charge on any atom is 0.271 e. The van der Waals surface area contributed by atoms with Gasteiger partial charge in [0.2, 0.25) is 0 Å². The fraction of sp³-hybridized carbons (Fsp3) is 0.0435. The topological polar surface area (TPSA) is 105 Å². The summed E-state index contributed by atoms with van der Waals surface area (Å²) in [6, 6.07) is 18.0. The van der Waals surface area contributed by atoms with E-state index >= 15 is 0 Å². The highest BCUT2D eigenvalue weighted by Gasteiger charge is 2.13. The first-order valence-electron chi connectivity index (χ1n) is 9.20. The van der Waals surface area contributed by atoms with Crippen LogP contribution in [0.15, 0.2) is 72.3 Å². The summed E-state index contributed by atoms with van der Waals surface area (Å²) >= 11 is 6.22. The molecule has 0 aliphatic rings. The number of benzene rings is 3. The zero-order chi connectivity index (χ0) is 23.1. The Morgan fingerprint density at radius 1 is 1.19 bits per heavy atom. The van der Waals surface area contributed by atoms with Crippen molar-refractivity contribution >= 4 is 35.0 Å². The van der Waals surface area contributed by atoms with Crippen LogP contribution in [-0.4, -0.2) is 10.8 Å². The lowest BCUT2D eigenvalue weighted by Crippen LogP contribution is -2.13. The third-order valence-electron chi connectivity index (χ3n) is 4.29. The van der Waals surface area contributed by atoms with E-state index < -0.39 is 16.6 Å². The van der Waals surface area contributed by atoms with Crippen molar-refractivity contribution < 1.29 is 18.8 Å². The molecule has 0 aliphatic heterocycles. The number of halogens is 2. The van der Waals surface area contributed by atoms with Crippen molar-refractivity contribution in [1.82, 2.24) is 0 Å². The van der Waals surface area contributed by atoms with Crippen molar-refractivity contribution in [3.63, 3.8) is 0 Å². The normalized spacial score (nSPS) is 10.8. The molecule has 0 fully saturated rings. The van der Waals surface area contributed by atoms with E-state index in [4.69, 9.17) is 16.3 Å². The minimum absolute atomic E-state index is 0.0172. The van der Waals surface area contributed by atoms with E-state index in [9.17, 15) is 24.6 Å². The first kappa shape index (κ1) is 22.5. The number of nitro groups is 1. The Bertz CT molecular complexity index is 1250. The Kier molecular flexibility index (Phi) is 7.16. The number of amides is 1. The van der Waals surface area contributed by atoms with E-state index in [0.717, 1.165) is 0 Å². The second-order valence-corrected chi connectivity index (χ2v) is 6.91. The van der Waals surface area contributed by atoms with Crippen LogP contribution in [0.5, 0.6) is 5.75 Å². The number of ether oxygens (including phenoxy) is 1. The van der Waals surface area contributed by atoms with Crippen molar-refractivity contribution in [3.05, 3.63) is 104 Å². The van der Waals surface area contributed by atoms with Crippen LogP contribution in [-0.2, 0) is 11.4 Å². The van der Waals surface area contributed by atoms with Gasteiger partial charge in [-0.15, -0.1) is 0 Å². The van der Waals surface area contributed by atoms with Crippen LogP contribution >= 0.6 is 11.6 Å². The molecule has 0 heterocycles. The summed E-state index contributed by atoms with van der Waals surface area (Å²) in [5.41, 5.74) is 0.590. The number of hydrogen-bond acceptors (Lipinski definition) is 5. The molecule has 0 saturated heterocycles. The molecule has 32 heavy (non-hydrogen) atoms. The second-order valence-electron chi connectivity index (χ2n) is 6.50. The predicted molar refractivity (Wildman–Crippen MR) is 118 cm³/mol. The average molecular weight is 452 g/mol. The third-order valence-corrected chi connectivity index (χ3v) is 4.58. The third kappa shape index (κ3) is 5.68. The van der Waals surface area contributed by atoms with Crippen LogP contribution in [0.25, 0.3) is 6.08 Å². The molecule has 0 unspecified atom stereocenters. The van der Waals surface area contributed by atoms with Crippen molar-refractivity contribution in [2.24, 2.45) is 0 Å². The lowest BCUT2D eigenvalue weighted by Gasteiger charge is -2.09. The molecule has 0 atom stereocenters. The first-order chi connectivity index (χ1) is 15.4. The van der Waals surface area contributed by atoms with Gasteiger partial charge in [-0.1, -0.05) is 41.9 Å². The maximum absolute atomic E-state index is 13.7. The summed E-state index contributed by atoms with van der Waals surface area (Å²) in [6.45, 7) is -0.0172. The van der Waals surface area contributed by atoms with E-state index in [1.807, 2.05) is 0 Å². The molecule has 0 aliphatic carbocycles. The molecule has 1 amide bonds. The van der Waals surface area contributed by atoms with Crippen LogP contribution in [0, 0.1) is 27.3 Å². The second kappa shape index (κ2) is 10.2. The molecule has 1 N–H and O–H groups in total. The molecule has 7 nitrogen and oxygen atoms in total. The Morgan fingerprint density at radius 3 is 2.66 bits per heavy atom. The number of rotatable bonds is 7. The number of carbonyl (C=O) groups excluding carboxylic acids is 1. The number of anilines is 1. The zero-order valence-electron chi connectivity index (χ0n) is 16.4. The lowest BCUT2D eigenvalue weighted by atomic mass is 10.1. The molecular formula is C23H15ClFN3O4. The van der Waals surface area contributed by atoms with Gasteiger partial charge in [0.25, 0.3) is 11.6 Å². The minimum Gasteiger partial charge on any atom is -0.487 e. The van der Waals surface area contributed by atoms with Gasteiger partial charge < -0.3 is 10.1 Å². The maximum atomic E-state index is 13.7. The van der Waals surface area contributed by atoms with Crippen molar-refractivity contribution in [3.8, 4) is 11.8 Å². The molecule has 3 aromatic carbocycles. The largest absolute Gasteiger partial charge is 0.487 e. The summed E-state index contributed by atoms with van der Waals surface area (Å²) in [6.07, 6.45) is 1.32. The van der Waals surface area contributed by atoms with Gasteiger partial charge >= 0.3 is 0 Å². The number of nitrogens with one attached hydrogen (secondary N) is 1. The van der Waals surface area contributed by atoms with Gasteiger partial charge in [0.05, 0.1) is 9.95 Å². The van der Waals surface area contributed by atoms with E-state index in [2.05, 4.69) is 5.32 Å². The van der Waals surface area contributed by atoms with Crippen molar-refractivity contribution in [1.29, 1.82) is 5.26 Å². The molecule has 0 radical (unpaired) electrons. The van der Waals surface area contributed by atoms with Gasteiger partial charge in [-0.3, -0.25) is 14.9 Å². The number of nitro benzene ring substituents is 1. The summed E-state index contributed by atoms with van der Waals surface area (Å²) in [7, 11) is 0. The highest BCUT2D eigenvalue weighted by molar-refractivity contribution is 6.32. The number of non-ortho nitro benzene ring substituents is 1. The molecule has 0 bridgehead atoms. The van der Waals surface area contributed by atoms with Crippen molar-refractivity contribution in [2.75, 3.05) is 5.32 Å². The number of carbonyl (C=O) groups is 1. The molecule has 0 spiro atoms. The highest BCUT2D eigenvalue weighted by atomic mass is 35.5. The Hall–Kier alpha value is -4.22. The summed E-state index contributed by atoms with van der Waals surface area (Å²) in [5.74, 6) is -0.813. The molecule has 3 aromatic rings. The van der Waals surface area contributed by atoms with Crippen LogP contribution in [0.2, 0.25) is 5.02 Å². The van der Waals surface area contributed by atoms with E-state index in [0.29, 0.717) is 16.9 Å². The molecule has 9 heteroatoms. The van der Waals surface area contributed by atoms with Crippen LogP contribution < -0.4 is 10.1 Å². The van der Waals surface area contributed by atoms with Gasteiger partial charge in [0, 0.05) is 23.4 Å². The smallest absolute Gasteiger partial charge is 0.271 e. The molecule has 3 rings (SSSR count). The van der Waals surface area contributed by atoms with Crippen LogP contribution in [0.4, 0.5) is 15.8 Å². The summed E-state index contributed by atoms with van der Waals surface area (Å²) < 4.78 is 19.3. The number of nitriles is 1. The Morgan fingerprint density at radius 2 is 1.97 bits per heavy atom. The first-order valence-corrected chi connectivity index (χ1v) is 9.58. The predicted octanol–water partition coefficient (Wildman–Crippen LogP) is 5.51. The van der Waals surface area contributed by atoms with Crippen LogP contribution in [0.1, 0.15) is 11.1 Å². The van der Waals surface area contributed by atoms with E-state index in [-0.39, 0.29) is 28.6 Å². The average Bonchev–Trinajstić information content (AvgIpc) is 2.78. The van der Waals surface area contributed by atoms with E-state index in [1.165, 1.54) is 42.5 Å². The fourth-order valence-electron chi connectivity index (χ4n) is 2.71. The van der Waals surface area contributed by atoms with Gasteiger partial charge in [-0.05, 0) is 35.9 Å². The SMILES string of the molecule is N#C/C(=C\c1ccc(OCc2ccccc2F)c(Cl)c1)C(=O)Nc1cccc([N+](=O)[O-])c1. The Balaban J connectivity index is 1.73. The van der Waals surface area contributed by atoms with E-state index in [1.54, 1.807) is 36.4 Å². The number of nitrogens with zero attached hydrogens (tertiary/aromatic N) is 2. The van der Waals surface area contributed by atoms with Crippen molar-refractivity contribution in [2.45, 2.75) is 6.61 Å². The van der Waals surface area contributed by atoms with Crippen LogP contribution in [0.3, 0.4) is 0 Å². The summed E-state index contributed by atoms with van der Waals surface area (Å²) in [5, 5.41) is 22.9.